The van der Waals surface area contributed by atoms with Crippen LogP contribution in [0.1, 0.15) is 19.5 Å². The number of aromatic nitrogens is 2. The lowest BCUT2D eigenvalue weighted by Gasteiger charge is -2.36. The third-order valence-corrected chi connectivity index (χ3v) is 5.17. The van der Waals surface area contributed by atoms with Crippen LogP contribution in [0.3, 0.4) is 0 Å². The average Bonchev–Trinajstić information content (AvgIpc) is 2.53. The van der Waals surface area contributed by atoms with E-state index >= 15 is 0 Å². The molecule has 2 aliphatic rings. The summed E-state index contributed by atoms with van der Waals surface area (Å²) in [5.41, 5.74) is 0.528. The van der Waals surface area contributed by atoms with Crippen molar-refractivity contribution in [2.45, 2.75) is 31.7 Å². The molecule has 2 atom stereocenters. The smallest absolute Gasteiger partial charge is 0.227 e. The molecule has 2 saturated heterocycles. The molecule has 9 heteroatoms. The van der Waals surface area contributed by atoms with Crippen LogP contribution in [0.5, 0.6) is 0 Å². The van der Waals surface area contributed by atoms with E-state index in [9.17, 15) is 8.42 Å². The van der Waals surface area contributed by atoms with E-state index in [0.29, 0.717) is 44.6 Å². The quantitative estimate of drug-likeness (QED) is 0.756. The number of morpholine rings is 2. The lowest BCUT2D eigenvalue weighted by Crippen LogP contribution is -2.45. The van der Waals surface area contributed by atoms with Gasteiger partial charge >= 0.3 is 0 Å². The molecule has 0 radical (unpaired) electrons. The third-order valence-electron chi connectivity index (χ3n) is 4.35. The number of ether oxygens (including phenoxy) is 2. The predicted octanol–water partition coefficient (Wildman–Crippen LogP) is 0.471. The molecule has 0 N–H and O–H groups in total. The fraction of sp³-hybridized carbons (Fsp3) is 0.750. The second-order valence-corrected chi connectivity index (χ2v) is 8.97. The molecule has 2 fully saturated rings. The van der Waals surface area contributed by atoms with Gasteiger partial charge in [-0.15, -0.1) is 0 Å². The van der Waals surface area contributed by atoms with Crippen molar-refractivity contribution in [1.29, 1.82) is 0 Å². The van der Waals surface area contributed by atoms with Crippen molar-refractivity contribution in [3.8, 4) is 0 Å². The number of sulfone groups is 1. The van der Waals surface area contributed by atoms with Gasteiger partial charge in [0.15, 0.2) is 9.84 Å². The van der Waals surface area contributed by atoms with E-state index in [-0.39, 0.29) is 17.9 Å². The van der Waals surface area contributed by atoms with Crippen molar-refractivity contribution in [3.05, 3.63) is 11.8 Å². The molecule has 3 rings (SSSR count). The first kappa shape index (κ1) is 18.3. The summed E-state index contributed by atoms with van der Waals surface area (Å²) in [6.07, 6.45) is 1.32. The van der Waals surface area contributed by atoms with Gasteiger partial charge in [-0.05, 0) is 13.8 Å². The first-order valence-corrected chi connectivity index (χ1v) is 10.6. The van der Waals surface area contributed by atoms with Crippen LogP contribution < -0.4 is 9.80 Å². The number of hydrogen-bond donors (Lipinski definition) is 0. The minimum Gasteiger partial charge on any atom is -0.377 e. The van der Waals surface area contributed by atoms with Gasteiger partial charge in [0, 0.05) is 32.0 Å². The molecule has 1 aromatic rings. The van der Waals surface area contributed by atoms with Crippen molar-refractivity contribution in [2.24, 2.45) is 0 Å². The van der Waals surface area contributed by atoms with Gasteiger partial charge in [0.2, 0.25) is 5.95 Å². The maximum atomic E-state index is 11.8. The van der Waals surface area contributed by atoms with Crippen LogP contribution in [-0.2, 0) is 25.1 Å². The highest BCUT2D eigenvalue weighted by molar-refractivity contribution is 7.89. The summed E-state index contributed by atoms with van der Waals surface area (Å²) in [5, 5.41) is 0. The zero-order valence-corrected chi connectivity index (χ0v) is 15.8. The molecule has 3 heterocycles. The first-order chi connectivity index (χ1) is 11.8. The van der Waals surface area contributed by atoms with Gasteiger partial charge in [0.05, 0.1) is 43.4 Å². The Morgan fingerprint density at radius 1 is 1.24 bits per heavy atom. The maximum absolute atomic E-state index is 11.8. The SMILES string of the molecule is C[C@H]1CN(c2nc(CS(C)(=O)=O)cc(N3CCOC[C@@H]3C)n2)CCO1. The second-order valence-electron chi connectivity index (χ2n) is 6.83. The van der Waals surface area contributed by atoms with E-state index in [0.717, 1.165) is 12.4 Å². The molecule has 25 heavy (non-hydrogen) atoms. The van der Waals surface area contributed by atoms with Crippen LogP contribution in [0.2, 0.25) is 0 Å². The van der Waals surface area contributed by atoms with Crippen LogP contribution in [0, 0.1) is 0 Å². The minimum absolute atomic E-state index is 0.0892. The molecular formula is C16H26N4O4S. The van der Waals surface area contributed by atoms with E-state index in [1.165, 1.54) is 6.26 Å². The predicted molar refractivity (Wildman–Crippen MR) is 95.8 cm³/mol. The van der Waals surface area contributed by atoms with Gasteiger partial charge in [-0.1, -0.05) is 0 Å². The first-order valence-electron chi connectivity index (χ1n) is 8.58. The summed E-state index contributed by atoms with van der Waals surface area (Å²) in [4.78, 5) is 13.5. The molecule has 8 nitrogen and oxygen atoms in total. The van der Waals surface area contributed by atoms with E-state index in [2.05, 4.69) is 21.7 Å². The van der Waals surface area contributed by atoms with Crippen LogP contribution in [0.25, 0.3) is 0 Å². The Balaban J connectivity index is 1.95. The Kier molecular flexibility index (Phi) is 5.45. The van der Waals surface area contributed by atoms with Crippen molar-refractivity contribution < 1.29 is 17.9 Å². The highest BCUT2D eigenvalue weighted by Gasteiger charge is 2.25. The largest absolute Gasteiger partial charge is 0.377 e. The number of anilines is 2. The summed E-state index contributed by atoms with van der Waals surface area (Å²) in [7, 11) is -3.17. The zero-order valence-electron chi connectivity index (χ0n) is 15.0. The fourth-order valence-electron chi connectivity index (χ4n) is 3.17. The molecule has 0 saturated carbocycles. The number of hydrogen-bond acceptors (Lipinski definition) is 8. The van der Waals surface area contributed by atoms with Crippen LogP contribution in [0.15, 0.2) is 6.07 Å². The normalized spacial score (nSPS) is 25.2. The van der Waals surface area contributed by atoms with Gasteiger partial charge in [0.1, 0.15) is 5.82 Å². The molecule has 1 aromatic heterocycles. The summed E-state index contributed by atoms with van der Waals surface area (Å²) < 4.78 is 34.6. The van der Waals surface area contributed by atoms with E-state index in [1.807, 2.05) is 6.92 Å². The van der Waals surface area contributed by atoms with Crippen LogP contribution in [-0.4, -0.2) is 76.2 Å². The molecular weight excluding hydrogens is 344 g/mol. The molecule has 0 unspecified atom stereocenters. The van der Waals surface area contributed by atoms with Gasteiger partial charge in [-0.2, -0.15) is 4.98 Å². The zero-order chi connectivity index (χ0) is 18.0. The highest BCUT2D eigenvalue weighted by Crippen LogP contribution is 2.23. The minimum atomic E-state index is -3.17. The van der Waals surface area contributed by atoms with Crippen molar-refractivity contribution >= 4 is 21.6 Å². The Hall–Kier alpha value is -1.45. The summed E-state index contributed by atoms with van der Waals surface area (Å²) >= 11 is 0. The van der Waals surface area contributed by atoms with Gasteiger partial charge in [0.25, 0.3) is 0 Å². The molecule has 0 amide bonds. The Labute approximate surface area is 149 Å². The van der Waals surface area contributed by atoms with E-state index in [4.69, 9.17) is 14.5 Å². The van der Waals surface area contributed by atoms with Gasteiger partial charge < -0.3 is 19.3 Å². The van der Waals surface area contributed by atoms with Crippen molar-refractivity contribution in [2.75, 3.05) is 55.5 Å². The average molecular weight is 370 g/mol. The lowest BCUT2D eigenvalue weighted by molar-refractivity contribution is 0.0526. The summed E-state index contributed by atoms with van der Waals surface area (Å²) in [5.74, 6) is 1.25. The molecule has 140 valence electrons. The van der Waals surface area contributed by atoms with Gasteiger partial charge in [-0.25, -0.2) is 13.4 Å². The molecule has 0 spiro atoms. The maximum Gasteiger partial charge on any atom is 0.227 e. The molecule has 0 aromatic carbocycles. The Morgan fingerprint density at radius 2 is 2.04 bits per heavy atom. The Morgan fingerprint density at radius 3 is 2.72 bits per heavy atom. The highest BCUT2D eigenvalue weighted by atomic mass is 32.2. The second kappa shape index (κ2) is 7.43. The van der Waals surface area contributed by atoms with Crippen LogP contribution >= 0.6 is 0 Å². The molecule has 0 aliphatic carbocycles. The lowest BCUT2D eigenvalue weighted by atomic mass is 10.2. The Bertz CT molecular complexity index is 712. The number of nitrogens with zero attached hydrogens (tertiary/aromatic N) is 4. The molecule has 0 bridgehead atoms. The van der Waals surface area contributed by atoms with E-state index in [1.54, 1.807) is 6.07 Å². The fourth-order valence-corrected chi connectivity index (χ4v) is 3.85. The van der Waals surface area contributed by atoms with Crippen molar-refractivity contribution in [1.82, 2.24) is 9.97 Å². The monoisotopic (exact) mass is 370 g/mol. The summed E-state index contributed by atoms with van der Waals surface area (Å²) in [6, 6.07) is 1.97. The molecule has 2 aliphatic heterocycles. The number of rotatable bonds is 4. The van der Waals surface area contributed by atoms with Crippen molar-refractivity contribution in [3.63, 3.8) is 0 Å². The van der Waals surface area contributed by atoms with Crippen LogP contribution in [0.4, 0.5) is 11.8 Å². The van der Waals surface area contributed by atoms with Gasteiger partial charge in [-0.3, -0.25) is 0 Å². The van der Waals surface area contributed by atoms with E-state index < -0.39 is 9.84 Å². The third kappa shape index (κ3) is 4.80. The standard InChI is InChI=1S/C16H26N4O4S/c1-12-10-23-6-5-20(12)15-8-14(11-25(3,21)22)17-16(18-15)19-4-7-24-13(2)9-19/h8,12-13H,4-7,9-11H2,1-3H3/t12-,13-/m0/s1. The summed E-state index contributed by atoms with van der Waals surface area (Å²) in [6.45, 7) is 8.10. The topological polar surface area (TPSA) is 84.9 Å².